The Morgan fingerprint density at radius 3 is 2.62 bits per heavy atom. The zero-order valence-corrected chi connectivity index (χ0v) is 10.3. The van der Waals surface area contributed by atoms with Crippen molar-refractivity contribution in [3.8, 4) is 0 Å². The third-order valence-electron chi connectivity index (χ3n) is 2.83. The molecular weight excluding hydrogens is 208 g/mol. The van der Waals surface area contributed by atoms with E-state index < -0.39 is 6.10 Å². The molecule has 1 amide bonds. The third-order valence-corrected chi connectivity index (χ3v) is 2.83. The molecule has 1 saturated carbocycles. The molecule has 0 aromatic heterocycles. The van der Waals surface area contributed by atoms with Crippen LogP contribution in [0.15, 0.2) is 0 Å². The van der Waals surface area contributed by atoms with Gasteiger partial charge in [-0.15, -0.1) is 0 Å². The molecule has 0 bridgehead atoms. The maximum Gasteiger partial charge on any atom is 0.228 e. The van der Waals surface area contributed by atoms with Gasteiger partial charge in [0.2, 0.25) is 5.91 Å². The molecule has 1 aliphatic carbocycles. The number of likely N-dealkylation sites (N-methyl/N-ethyl adjacent to an activating group) is 1. The van der Waals surface area contributed by atoms with Crippen LogP contribution in [0.25, 0.3) is 0 Å². The number of hydrogen-bond donors (Lipinski definition) is 2. The summed E-state index contributed by atoms with van der Waals surface area (Å²) < 4.78 is 5.03. The topological polar surface area (TPSA) is 61.8 Å². The molecule has 0 spiro atoms. The highest BCUT2D eigenvalue weighted by Gasteiger charge is 2.49. The summed E-state index contributed by atoms with van der Waals surface area (Å²) in [5, 5.41) is 12.4. The Labute approximate surface area is 96.8 Å². The second kappa shape index (κ2) is 5.61. The van der Waals surface area contributed by atoms with Crippen LogP contribution < -0.4 is 5.32 Å². The molecule has 0 aromatic carbocycles. The van der Waals surface area contributed by atoms with Gasteiger partial charge in [-0.1, -0.05) is 0 Å². The number of nitrogens with zero attached hydrogens (tertiary/aromatic N) is 1. The molecule has 5 nitrogen and oxygen atoms in total. The first kappa shape index (κ1) is 13.4. The second-order valence-corrected chi connectivity index (χ2v) is 4.84. The van der Waals surface area contributed by atoms with Gasteiger partial charge in [-0.2, -0.15) is 0 Å². The van der Waals surface area contributed by atoms with Gasteiger partial charge in [0, 0.05) is 20.2 Å². The zero-order valence-electron chi connectivity index (χ0n) is 10.3. The molecule has 0 saturated heterocycles. The monoisotopic (exact) mass is 230 g/mol. The van der Waals surface area contributed by atoms with Gasteiger partial charge in [-0.25, -0.2) is 0 Å². The number of methoxy groups -OCH3 is 1. The van der Waals surface area contributed by atoms with Crippen LogP contribution in [0.1, 0.15) is 12.8 Å². The van der Waals surface area contributed by atoms with Crippen LogP contribution in [-0.4, -0.2) is 62.9 Å². The van der Waals surface area contributed by atoms with Crippen molar-refractivity contribution in [1.29, 1.82) is 0 Å². The van der Waals surface area contributed by atoms with E-state index in [1.165, 1.54) is 0 Å². The average Bonchev–Trinajstić information content (AvgIpc) is 2.95. The minimum atomic E-state index is -0.516. The van der Waals surface area contributed by atoms with Crippen molar-refractivity contribution in [2.75, 3.05) is 40.9 Å². The van der Waals surface area contributed by atoms with E-state index in [2.05, 4.69) is 5.32 Å². The zero-order chi connectivity index (χ0) is 12.2. The predicted molar refractivity (Wildman–Crippen MR) is 61.1 cm³/mol. The van der Waals surface area contributed by atoms with E-state index in [4.69, 9.17) is 4.74 Å². The summed E-state index contributed by atoms with van der Waals surface area (Å²) in [6.07, 6.45) is 1.25. The summed E-state index contributed by atoms with van der Waals surface area (Å²) in [6.45, 7) is 1.34. The summed E-state index contributed by atoms with van der Waals surface area (Å²) in [7, 11) is 5.38. The van der Waals surface area contributed by atoms with Gasteiger partial charge < -0.3 is 20.1 Å². The summed E-state index contributed by atoms with van der Waals surface area (Å²) in [5.41, 5.74) is -0.313. The number of amides is 1. The fraction of sp³-hybridized carbons (Fsp3) is 0.909. The number of aliphatic hydroxyl groups excluding tert-OH is 1. The highest BCUT2D eigenvalue weighted by molar-refractivity contribution is 5.85. The number of rotatable bonds is 7. The molecule has 0 aromatic rings. The maximum atomic E-state index is 11.8. The van der Waals surface area contributed by atoms with Gasteiger partial charge in [0.1, 0.15) is 0 Å². The van der Waals surface area contributed by atoms with Crippen LogP contribution in [0.2, 0.25) is 0 Å². The minimum Gasteiger partial charge on any atom is -0.390 e. The maximum absolute atomic E-state index is 11.8. The van der Waals surface area contributed by atoms with Gasteiger partial charge in [0.05, 0.1) is 18.1 Å². The smallest absolute Gasteiger partial charge is 0.228 e. The Balaban J connectivity index is 2.25. The fourth-order valence-electron chi connectivity index (χ4n) is 1.75. The van der Waals surface area contributed by atoms with E-state index >= 15 is 0 Å². The standard InChI is InChI=1S/C11H22N2O3/c1-13(2)7-9(14)6-12-10(15)11(4-5-11)8-16-3/h9,14H,4-8H2,1-3H3,(H,12,15). The van der Waals surface area contributed by atoms with Crippen molar-refractivity contribution in [1.82, 2.24) is 10.2 Å². The van der Waals surface area contributed by atoms with E-state index in [0.717, 1.165) is 12.8 Å². The Morgan fingerprint density at radius 2 is 2.19 bits per heavy atom. The molecule has 1 fully saturated rings. The first-order chi connectivity index (χ1) is 7.50. The van der Waals surface area contributed by atoms with Crippen molar-refractivity contribution in [3.63, 3.8) is 0 Å². The lowest BCUT2D eigenvalue weighted by molar-refractivity contribution is -0.128. The first-order valence-electron chi connectivity index (χ1n) is 5.60. The predicted octanol–water partition coefficient (Wildman–Crippen LogP) is -0.548. The highest BCUT2D eigenvalue weighted by atomic mass is 16.5. The first-order valence-corrected chi connectivity index (χ1v) is 5.60. The quantitative estimate of drug-likeness (QED) is 0.616. The normalized spacial score (nSPS) is 19.6. The fourth-order valence-corrected chi connectivity index (χ4v) is 1.75. The molecule has 0 radical (unpaired) electrons. The molecule has 1 atom stereocenters. The van der Waals surface area contributed by atoms with Crippen LogP contribution in [0.4, 0.5) is 0 Å². The van der Waals surface area contributed by atoms with Crippen molar-refractivity contribution in [3.05, 3.63) is 0 Å². The molecule has 2 N–H and O–H groups in total. The van der Waals surface area contributed by atoms with Crippen LogP contribution in [0.3, 0.4) is 0 Å². The molecular formula is C11H22N2O3. The van der Waals surface area contributed by atoms with E-state index in [1.54, 1.807) is 7.11 Å². The van der Waals surface area contributed by atoms with Gasteiger partial charge in [0.25, 0.3) is 0 Å². The SMILES string of the molecule is COCC1(C(=O)NCC(O)CN(C)C)CC1. The Bertz CT molecular complexity index is 239. The molecule has 16 heavy (non-hydrogen) atoms. The summed E-state index contributed by atoms with van der Waals surface area (Å²) >= 11 is 0. The Morgan fingerprint density at radius 1 is 1.56 bits per heavy atom. The molecule has 1 unspecified atom stereocenters. The van der Waals surface area contributed by atoms with Gasteiger partial charge in [-0.05, 0) is 26.9 Å². The van der Waals surface area contributed by atoms with E-state index in [9.17, 15) is 9.90 Å². The number of nitrogens with one attached hydrogen (secondary N) is 1. The lowest BCUT2D eigenvalue weighted by Crippen LogP contribution is -2.41. The van der Waals surface area contributed by atoms with E-state index in [-0.39, 0.29) is 11.3 Å². The third kappa shape index (κ3) is 3.73. The second-order valence-electron chi connectivity index (χ2n) is 4.84. The van der Waals surface area contributed by atoms with Gasteiger partial charge in [0.15, 0.2) is 0 Å². The Kier molecular flexibility index (Phi) is 4.70. The van der Waals surface area contributed by atoms with Crippen molar-refractivity contribution >= 4 is 5.91 Å². The van der Waals surface area contributed by atoms with Crippen molar-refractivity contribution in [2.45, 2.75) is 18.9 Å². The van der Waals surface area contributed by atoms with Crippen LogP contribution in [-0.2, 0) is 9.53 Å². The number of carbonyl (C=O) groups is 1. The lowest BCUT2D eigenvalue weighted by atomic mass is 10.1. The van der Waals surface area contributed by atoms with Crippen molar-refractivity contribution in [2.24, 2.45) is 5.41 Å². The largest absolute Gasteiger partial charge is 0.390 e. The number of aliphatic hydroxyl groups is 1. The summed E-state index contributed by atoms with van der Waals surface area (Å²) in [4.78, 5) is 13.7. The number of hydrogen-bond acceptors (Lipinski definition) is 4. The molecule has 1 rings (SSSR count). The molecule has 1 aliphatic rings. The summed E-state index contributed by atoms with van der Waals surface area (Å²) in [6, 6.07) is 0. The molecule has 0 heterocycles. The number of carbonyl (C=O) groups excluding carboxylic acids is 1. The molecule has 94 valence electrons. The van der Waals surface area contributed by atoms with Crippen LogP contribution in [0, 0.1) is 5.41 Å². The van der Waals surface area contributed by atoms with Gasteiger partial charge >= 0.3 is 0 Å². The number of ether oxygens (including phenoxy) is 1. The Hall–Kier alpha value is -0.650. The minimum absolute atomic E-state index is 0.00663. The van der Waals surface area contributed by atoms with Crippen LogP contribution in [0.5, 0.6) is 0 Å². The van der Waals surface area contributed by atoms with E-state index in [0.29, 0.717) is 19.7 Å². The van der Waals surface area contributed by atoms with E-state index in [1.807, 2.05) is 19.0 Å². The van der Waals surface area contributed by atoms with Crippen LogP contribution >= 0.6 is 0 Å². The van der Waals surface area contributed by atoms with Crippen molar-refractivity contribution < 1.29 is 14.6 Å². The molecule has 5 heteroatoms. The summed E-state index contributed by atoms with van der Waals surface area (Å²) in [5.74, 6) is 0.00663. The van der Waals surface area contributed by atoms with Gasteiger partial charge in [-0.3, -0.25) is 4.79 Å². The lowest BCUT2D eigenvalue weighted by Gasteiger charge is -2.19. The molecule has 0 aliphatic heterocycles. The highest BCUT2D eigenvalue weighted by Crippen LogP contribution is 2.45. The average molecular weight is 230 g/mol.